The molecule has 1 heterocycles. The van der Waals surface area contributed by atoms with E-state index in [0.29, 0.717) is 11.4 Å². The fourth-order valence-corrected chi connectivity index (χ4v) is 2.39. The van der Waals surface area contributed by atoms with Crippen molar-refractivity contribution in [3.63, 3.8) is 0 Å². The second kappa shape index (κ2) is 4.47. The van der Waals surface area contributed by atoms with Gasteiger partial charge in [-0.1, -0.05) is 24.3 Å². The van der Waals surface area contributed by atoms with Crippen LogP contribution < -0.4 is 5.73 Å². The summed E-state index contributed by atoms with van der Waals surface area (Å²) in [7, 11) is 0. The van der Waals surface area contributed by atoms with Crippen molar-refractivity contribution in [3.8, 4) is 11.1 Å². The summed E-state index contributed by atoms with van der Waals surface area (Å²) < 4.78 is 0. The molecule has 2 rings (SSSR count). The van der Waals surface area contributed by atoms with E-state index >= 15 is 0 Å². The number of benzene rings is 1. The first-order chi connectivity index (χ1) is 7.74. The number of rotatable bonds is 3. The van der Waals surface area contributed by atoms with Crippen molar-refractivity contribution in [2.75, 3.05) is 0 Å². The van der Waals surface area contributed by atoms with Crippen molar-refractivity contribution in [3.05, 3.63) is 46.2 Å². The van der Waals surface area contributed by atoms with E-state index in [4.69, 9.17) is 10.8 Å². The number of thiophene rings is 1. The summed E-state index contributed by atoms with van der Waals surface area (Å²) in [6.07, 6.45) is 0. The Kier molecular flexibility index (Phi) is 3.03. The lowest BCUT2D eigenvalue weighted by Crippen LogP contribution is -2.00. The molecule has 2 aromatic rings. The van der Waals surface area contributed by atoms with E-state index in [2.05, 4.69) is 0 Å². The molecular formula is C12H11NO2S. The summed E-state index contributed by atoms with van der Waals surface area (Å²) in [6, 6.07) is 9.42. The quantitative estimate of drug-likeness (QED) is 0.856. The van der Waals surface area contributed by atoms with Crippen molar-refractivity contribution in [1.82, 2.24) is 0 Å². The van der Waals surface area contributed by atoms with Gasteiger partial charge in [0, 0.05) is 12.1 Å². The average Bonchev–Trinajstić information content (AvgIpc) is 2.77. The maximum Gasteiger partial charge on any atom is 0.346 e. The lowest BCUT2D eigenvalue weighted by molar-refractivity contribution is 0.0703. The van der Waals surface area contributed by atoms with Crippen LogP contribution in [0.2, 0.25) is 0 Å². The van der Waals surface area contributed by atoms with Crippen molar-refractivity contribution in [2.45, 2.75) is 6.54 Å². The highest BCUT2D eigenvalue weighted by Gasteiger charge is 2.14. The number of hydrogen-bond acceptors (Lipinski definition) is 3. The van der Waals surface area contributed by atoms with Crippen LogP contribution in [0.3, 0.4) is 0 Å². The Labute approximate surface area is 97.2 Å². The molecular weight excluding hydrogens is 222 g/mol. The minimum atomic E-state index is -0.892. The molecule has 0 aliphatic carbocycles. The Hall–Kier alpha value is -1.65. The standard InChI is InChI=1S/C12H11NO2S/c13-7-8-3-1-2-4-9(8)10-5-6-16-11(10)12(14)15/h1-6H,7,13H2,(H,14,15). The first-order valence-electron chi connectivity index (χ1n) is 4.83. The fourth-order valence-electron chi connectivity index (χ4n) is 1.65. The number of hydrogen-bond donors (Lipinski definition) is 2. The zero-order chi connectivity index (χ0) is 11.5. The van der Waals surface area contributed by atoms with Crippen LogP contribution in [0.15, 0.2) is 35.7 Å². The molecule has 1 aromatic carbocycles. The highest BCUT2D eigenvalue weighted by atomic mass is 32.1. The van der Waals surface area contributed by atoms with Gasteiger partial charge in [-0.3, -0.25) is 0 Å². The lowest BCUT2D eigenvalue weighted by Gasteiger charge is -2.06. The zero-order valence-electron chi connectivity index (χ0n) is 8.51. The molecule has 0 spiro atoms. The normalized spacial score (nSPS) is 10.3. The van der Waals surface area contributed by atoms with Gasteiger partial charge in [-0.2, -0.15) is 0 Å². The first kappa shape index (κ1) is 10.9. The number of carboxylic acids is 1. The molecule has 82 valence electrons. The molecule has 0 amide bonds. The van der Waals surface area contributed by atoms with E-state index in [1.807, 2.05) is 30.3 Å². The summed E-state index contributed by atoms with van der Waals surface area (Å²) in [6.45, 7) is 0.408. The van der Waals surface area contributed by atoms with Crippen LogP contribution in [0.5, 0.6) is 0 Å². The van der Waals surface area contributed by atoms with Crippen molar-refractivity contribution in [1.29, 1.82) is 0 Å². The van der Waals surface area contributed by atoms with Crippen LogP contribution in [0.1, 0.15) is 15.2 Å². The van der Waals surface area contributed by atoms with Crippen LogP contribution in [0.4, 0.5) is 0 Å². The Morgan fingerprint density at radius 2 is 2.00 bits per heavy atom. The SMILES string of the molecule is NCc1ccccc1-c1ccsc1C(=O)O. The lowest BCUT2D eigenvalue weighted by atomic mass is 10.0. The Balaban J connectivity index is 2.58. The van der Waals surface area contributed by atoms with Crippen LogP contribution >= 0.6 is 11.3 Å². The van der Waals surface area contributed by atoms with Gasteiger partial charge in [0.15, 0.2) is 0 Å². The molecule has 0 fully saturated rings. The third-order valence-corrected chi connectivity index (χ3v) is 3.29. The second-order valence-electron chi connectivity index (χ2n) is 3.33. The summed E-state index contributed by atoms with van der Waals surface area (Å²) in [5, 5.41) is 10.8. The molecule has 0 saturated carbocycles. The van der Waals surface area contributed by atoms with Crippen LogP contribution in [0.25, 0.3) is 11.1 Å². The van der Waals surface area contributed by atoms with Crippen LogP contribution in [-0.2, 0) is 6.54 Å². The van der Waals surface area contributed by atoms with E-state index in [0.717, 1.165) is 16.7 Å². The summed E-state index contributed by atoms with van der Waals surface area (Å²) in [4.78, 5) is 11.4. The smallest absolute Gasteiger partial charge is 0.346 e. The van der Waals surface area contributed by atoms with Gasteiger partial charge in [0.25, 0.3) is 0 Å². The number of aromatic carboxylic acids is 1. The van der Waals surface area contributed by atoms with E-state index in [1.54, 1.807) is 5.38 Å². The summed E-state index contributed by atoms with van der Waals surface area (Å²) in [5.74, 6) is -0.892. The zero-order valence-corrected chi connectivity index (χ0v) is 9.33. The molecule has 0 aliphatic rings. The van der Waals surface area contributed by atoms with Gasteiger partial charge < -0.3 is 10.8 Å². The molecule has 0 radical (unpaired) electrons. The Morgan fingerprint density at radius 1 is 1.25 bits per heavy atom. The topological polar surface area (TPSA) is 63.3 Å². The average molecular weight is 233 g/mol. The molecule has 4 heteroatoms. The van der Waals surface area contributed by atoms with Gasteiger partial charge in [0.05, 0.1) is 0 Å². The van der Waals surface area contributed by atoms with Crippen LogP contribution in [-0.4, -0.2) is 11.1 Å². The number of carboxylic acid groups (broad SMARTS) is 1. The number of carbonyl (C=O) groups is 1. The van der Waals surface area contributed by atoms with Crippen molar-refractivity contribution >= 4 is 17.3 Å². The van der Waals surface area contributed by atoms with Gasteiger partial charge in [0.1, 0.15) is 4.88 Å². The van der Waals surface area contributed by atoms with E-state index in [9.17, 15) is 4.79 Å². The minimum absolute atomic E-state index is 0.362. The predicted octanol–water partition coefficient (Wildman–Crippen LogP) is 2.57. The predicted molar refractivity (Wildman–Crippen MR) is 64.6 cm³/mol. The van der Waals surface area contributed by atoms with Gasteiger partial charge in [-0.05, 0) is 22.6 Å². The highest BCUT2D eigenvalue weighted by Crippen LogP contribution is 2.30. The highest BCUT2D eigenvalue weighted by molar-refractivity contribution is 7.12. The molecule has 1 aromatic heterocycles. The first-order valence-corrected chi connectivity index (χ1v) is 5.71. The Bertz CT molecular complexity index is 519. The van der Waals surface area contributed by atoms with Gasteiger partial charge in [0.2, 0.25) is 0 Å². The molecule has 0 aliphatic heterocycles. The van der Waals surface area contributed by atoms with Crippen molar-refractivity contribution < 1.29 is 9.90 Å². The maximum atomic E-state index is 11.0. The van der Waals surface area contributed by atoms with Gasteiger partial charge in [-0.25, -0.2) is 4.79 Å². The van der Waals surface area contributed by atoms with E-state index in [-0.39, 0.29) is 0 Å². The monoisotopic (exact) mass is 233 g/mol. The largest absolute Gasteiger partial charge is 0.477 e. The molecule has 16 heavy (non-hydrogen) atoms. The van der Waals surface area contributed by atoms with E-state index in [1.165, 1.54) is 11.3 Å². The third kappa shape index (κ3) is 1.85. The van der Waals surface area contributed by atoms with Gasteiger partial charge in [-0.15, -0.1) is 11.3 Å². The van der Waals surface area contributed by atoms with E-state index < -0.39 is 5.97 Å². The molecule has 0 saturated heterocycles. The Morgan fingerprint density at radius 3 is 2.69 bits per heavy atom. The third-order valence-electron chi connectivity index (χ3n) is 2.39. The molecule has 0 atom stereocenters. The van der Waals surface area contributed by atoms with Gasteiger partial charge >= 0.3 is 5.97 Å². The second-order valence-corrected chi connectivity index (χ2v) is 4.25. The maximum absolute atomic E-state index is 11.0. The molecule has 0 unspecified atom stereocenters. The minimum Gasteiger partial charge on any atom is -0.477 e. The fraction of sp³-hybridized carbons (Fsp3) is 0.0833. The summed E-state index contributed by atoms with van der Waals surface area (Å²) in [5.41, 5.74) is 8.26. The summed E-state index contributed by atoms with van der Waals surface area (Å²) >= 11 is 1.23. The molecule has 0 bridgehead atoms. The molecule has 3 N–H and O–H groups in total. The molecule has 3 nitrogen and oxygen atoms in total. The number of nitrogens with two attached hydrogens (primary N) is 1. The van der Waals surface area contributed by atoms with Crippen LogP contribution in [0, 0.1) is 0 Å². The van der Waals surface area contributed by atoms with Crippen molar-refractivity contribution in [2.24, 2.45) is 5.73 Å².